The highest BCUT2D eigenvalue weighted by Crippen LogP contribution is 2.20. The van der Waals surface area contributed by atoms with Crippen LogP contribution in [0.25, 0.3) is 0 Å². The molecule has 0 unspecified atom stereocenters. The van der Waals surface area contributed by atoms with Crippen molar-refractivity contribution in [2.75, 3.05) is 18.4 Å². The van der Waals surface area contributed by atoms with Gasteiger partial charge in [-0.1, -0.05) is 44.4 Å². The summed E-state index contributed by atoms with van der Waals surface area (Å²) >= 11 is 5.97. The normalized spacial score (nSPS) is 11.0. The number of nitrogens with zero attached hydrogens (tertiary/aromatic N) is 2. The van der Waals surface area contributed by atoms with Gasteiger partial charge in [0, 0.05) is 30.0 Å². The van der Waals surface area contributed by atoms with Crippen LogP contribution in [0.2, 0.25) is 5.02 Å². The van der Waals surface area contributed by atoms with Crippen molar-refractivity contribution in [3.05, 3.63) is 40.6 Å². The molecule has 1 N–H and O–H groups in total. The van der Waals surface area contributed by atoms with Gasteiger partial charge in [0.15, 0.2) is 0 Å². The number of hydrogen-bond donors (Lipinski definition) is 1. The van der Waals surface area contributed by atoms with E-state index in [1.165, 1.54) is 0 Å². The van der Waals surface area contributed by atoms with Crippen LogP contribution in [-0.2, 0) is 4.79 Å². The minimum Gasteiger partial charge on any atom is -0.376 e. The van der Waals surface area contributed by atoms with Crippen LogP contribution in [0, 0.1) is 18.3 Å². The molecule has 4 nitrogen and oxygen atoms in total. The van der Waals surface area contributed by atoms with Crippen molar-refractivity contribution in [2.45, 2.75) is 46.5 Å². The Balaban J connectivity index is 2.89. The summed E-state index contributed by atoms with van der Waals surface area (Å²) in [5.41, 5.74) is 1.64. The highest BCUT2D eigenvalue weighted by molar-refractivity contribution is 6.31. The number of nitriles is 1. The molecular formula is C19H26ClN3O. The molecule has 0 fully saturated rings. The average molecular weight is 348 g/mol. The second kappa shape index (κ2) is 10.7. The molecule has 0 saturated carbocycles. The molecule has 5 heteroatoms. The van der Waals surface area contributed by atoms with Crippen LogP contribution in [-0.4, -0.2) is 23.9 Å². The molecule has 0 bridgehead atoms. The van der Waals surface area contributed by atoms with Crippen molar-refractivity contribution in [2.24, 2.45) is 0 Å². The highest BCUT2D eigenvalue weighted by atomic mass is 35.5. The van der Waals surface area contributed by atoms with Crippen LogP contribution in [0.1, 0.15) is 45.1 Å². The van der Waals surface area contributed by atoms with Crippen LogP contribution in [0.3, 0.4) is 0 Å². The Hall–Kier alpha value is -1.99. The number of hydrogen-bond acceptors (Lipinski definition) is 3. The van der Waals surface area contributed by atoms with Crippen molar-refractivity contribution >= 4 is 23.2 Å². The van der Waals surface area contributed by atoms with Crippen LogP contribution >= 0.6 is 11.6 Å². The van der Waals surface area contributed by atoms with E-state index < -0.39 is 5.91 Å². The summed E-state index contributed by atoms with van der Waals surface area (Å²) in [4.78, 5) is 14.5. The lowest BCUT2D eigenvalue weighted by molar-refractivity contribution is -0.112. The van der Waals surface area contributed by atoms with Crippen LogP contribution in [0.15, 0.2) is 30.0 Å². The summed E-state index contributed by atoms with van der Waals surface area (Å²) in [6.07, 6.45) is 5.90. The summed E-state index contributed by atoms with van der Waals surface area (Å²) in [6, 6.07) is 7.31. The van der Waals surface area contributed by atoms with Gasteiger partial charge in [-0.05, 0) is 37.5 Å². The van der Waals surface area contributed by atoms with Crippen molar-refractivity contribution in [3.63, 3.8) is 0 Å². The number of amides is 1. The second-order valence-corrected chi connectivity index (χ2v) is 6.25. The molecule has 1 amide bonds. The Kier molecular flexibility index (Phi) is 8.96. The molecule has 1 aromatic rings. The first-order valence-corrected chi connectivity index (χ1v) is 8.83. The lowest BCUT2D eigenvalue weighted by atomic mass is 10.2. The van der Waals surface area contributed by atoms with Crippen LogP contribution < -0.4 is 5.32 Å². The summed E-state index contributed by atoms with van der Waals surface area (Å²) in [7, 11) is 0. The van der Waals surface area contributed by atoms with E-state index in [2.05, 4.69) is 24.1 Å². The third-order valence-electron chi connectivity index (χ3n) is 3.72. The predicted octanol–water partition coefficient (Wildman–Crippen LogP) is 4.90. The van der Waals surface area contributed by atoms with Crippen molar-refractivity contribution in [3.8, 4) is 6.07 Å². The first-order valence-electron chi connectivity index (χ1n) is 8.45. The lowest BCUT2D eigenvalue weighted by Gasteiger charge is -2.20. The maximum atomic E-state index is 12.4. The molecule has 0 spiro atoms. The summed E-state index contributed by atoms with van der Waals surface area (Å²) in [5, 5.41) is 12.7. The molecule has 0 radical (unpaired) electrons. The zero-order chi connectivity index (χ0) is 17.9. The van der Waals surface area contributed by atoms with Gasteiger partial charge in [0.1, 0.15) is 11.6 Å². The molecule has 0 aliphatic heterocycles. The minimum atomic E-state index is -0.402. The van der Waals surface area contributed by atoms with E-state index in [-0.39, 0.29) is 5.57 Å². The molecule has 0 aromatic heterocycles. The van der Waals surface area contributed by atoms with Gasteiger partial charge in [-0.15, -0.1) is 0 Å². The fraction of sp³-hybridized carbons (Fsp3) is 0.474. The molecule has 0 aliphatic carbocycles. The monoisotopic (exact) mass is 347 g/mol. The van der Waals surface area contributed by atoms with E-state index in [9.17, 15) is 10.1 Å². The number of benzene rings is 1. The molecule has 1 rings (SSSR count). The van der Waals surface area contributed by atoms with Crippen LogP contribution in [0.5, 0.6) is 0 Å². The number of carbonyl (C=O) groups is 1. The minimum absolute atomic E-state index is 0.113. The molecular weight excluding hydrogens is 322 g/mol. The Labute approximate surface area is 150 Å². The highest BCUT2D eigenvalue weighted by Gasteiger charge is 2.13. The smallest absolute Gasteiger partial charge is 0.267 e. The van der Waals surface area contributed by atoms with E-state index in [0.717, 1.165) is 44.3 Å². The van der Waals surface area contributed by atoms with E-state index in [4.69, 9.17) is 11.6 Å². The fourth-order valence-electron chi connectivity index (χ4n) is 2.20. The van der Waals surface area contributed by atoms with Gasteiger partial charge in [0.2, 0.25) is 0 Å². The van der Waals surface area contributed by atoms with Crippen molar-refractivity contribution in [1.29, 1.82) is 5.26 Å². The zero-order valence-electron chi connectivity index (χ0n) is 14.7. The molecule has 130 valence electrons. The Bertz CT molecular complexity index is 612. The van der Waals surface area contributed by atoms with Gasteiger partial charge < -0.3 is 10.2 Å². The fourth-order valence-corrected chi connectivity index (χ4v) is 2.37. The topological polar surface area (TPSA) is 56.1 Å². The van der Waals surface area contributed by atoms with Gasteiger partial charge in [0.25, 0.3) is 5.91 Å². The number of nitrogens with one attached hydrogen (secondary N) is 1. The Morgan fingerprint density at radius 2 is 1.92 bits per heavy atom. The number of rotatable bonds is 9. The predicted molar refractivity (Wildman–Crippen MR) is 99.9 cm³/mol. The molecule has 0 aliphatic rings. The zero-order valence-corrected chi connectivity index (χ0v) is 15.5. The average Bonchev–Trinajstić information content (AvgIpc) is 2.57. The van der Waals surface area contributed by atoms with Gasteiger partial charge in [0.05, 0.1) is 0 Å². The number of aryl methyl sites for hydroxylation is 1. The molecule has 0 atom stereocenters. The van der Waals surface area contributed by atoms with E-state index in [1.807, 2.05) is 19.1 Å². The first-order chi connectivity index (χ1) is 11.5. The number of halogens is 1. The van der Waals surface area contributed by atoms with Gasteiger partial charge in [-0.25, -0.2) is 0 Å². The van der Waals surface area contributed by atoms with Crippen molar-refractivity contribution < 1.29 is 4.79 Å². The SMILES string of the molecule is CCCCN(/C=C(/C#N)C(=O)Nc1cc(Cl)ccc1C)CCCC. The third kappa shape index (κ3) is 6.64. The van der Waals surface area contributed by atoms with E-state index in [1.54, 1.807) is 18.3 Å². The molecule has 0 heterocycles. The maximum Gasteiger partial charge on any atom is 0.267 e. The van der Waals surface area contributed by atoms with Gasteiger partial charge in [-0.2, -0.15) is 5.26 Å². The van der Waals surface area contributed by atoms with Crippen molar-refractivity contribution in [1.82, 2.24) is 4.90 Å². The Morgan fingerprint density at radius 1 is 1.29 bits per heavy atom. The standard InChI is InChI=1S/C19H26ClN3O/c1-4-6-10-23(11-7-5-2)14-16(13-21)19(24)22-18-12-17(20)9-8-15(18)3/h8-9,12,14H,4-7,10-11H2,1-3H3,(H,22,24)/b16-14-. The van der Waals surface area contributed by atoms with Crippen LogP contribution in [0.4, 0.5) is 5.69 Å². The maximum absolute atomic E-state index is 12.4. The van der Waals surface area contributed by atoms with Gasteiger partial charge in [-0.3, -0.25) is 4.79 Å². The summed E-state index contributed by atoms with van der Waals surface area (Å²) in [5.74, 6) is -0.402. The molecule has 1 aromatic carbocycles. The quantitative estimate of drug-likeness (QED) is 0.510. The second-order valence-electron chi connectivity index (χ2n) is 5.81. The largest absolute Gasteiger partial charge is 0.376 e. The molecule has 0 saturated heterocycles. The first kappa shape index (κ1) is 20.1. The number of anilines is 1. The Morgan fingerprint density at radius 3 is 2.46 bits per heavy atom. The van der Waals surface area contributed by atoms with Gasteiger partial charge >= 0.3 is 0 Å². The summed E-state index contributed by atoms with van der Waals surface area (Å²) < 4.78 is 0. The lowest BCUT2D eigenvalue weighted by Crippen LogP contribution is -2.23. The summed E-state index contributed by atoms with van der Waals surface area (Å²) in [6.45, 7) is 7.84. The number of unbranched alkanes of at least 4 members (excludes halogenated alkanes) is 2. The number of carbonyl (C=O) groups excluding carboxylic acids is 1. The third-order valence-corrected chi connectivity index (χ3v) is 3.96. The molecule has 24 heavy (non-hydrogen) atoms. The van der Waals surface area contributed by atoms with E-state index >= 15 is 0 Å². The van der Waals surface area contributed by atoms with E-state index in [0.29, 0.717) is 10.7 Å².